The summed E-state index contributed by atoms with van der Waals surface area (Å²) in [5.41, 5.74) is -0.786. The number of methoxy groups -OCH3 is 1. The van der Waals surface area contributed by atoms with Crippen molar-refractivity contribution in [2.24, 2.45) is 0 Å². The van der Waals surface area contributed by atoms with Crippen LogP contribution in [0, 0.1) is 10.1 Å². The van der Waals surface area contributed by atoms with E-state index in [4.69, 9.17) is 9.47 Å². The van der Waals surface area contributed by atoms with Crippen LogP contribution in [0.3, 0.4) is 0 Å². The molecule has 0 aliphatic heterocycles. The van der Waals surface area contributed by atoms with Gasteiger partial charge in [-0.3, -0.25) is 14.9 Å². The number of nitrogens with one attached hydrogen (secondary N) is 1. The van der Waals surface area contributed by atoms with Crippen molar-refractivity contribution in [2.45, 2.75) is 32.7 Å². The molecular formula is C15H20N2O6. The predicted molar refractivity (Wildman–Crippen MR) is 82.4 cm³/mol. The molecule has 1 amide bonds. The molecule has 126 valence electrons. The molecule has 0 radical (unpaired) electrons. The normalized spacial score (nSPS) is 10.8. The molecule has 0 aliphatic rings. The quantitative estimate of drug-likeness (QED) is 0.467. The Kier molecular flexibility index (Phi) is 6.06. The lowest BCUT2D eigenvalue weighted by atomic mass is 10.0. The Balaban J connectivity index is 2.80. The summed E-state index contributed by atoms with van der Waals surface area (Å²) in [4.78, 5) is 33.9. The minimum atomic E-state index is -0.866. The third-order valence-corrected chi connectivity index (χ3v) is 3.31. The van der Waals surface area contributed by atoms with Crippen LogP contribution in [-0.2, 0) is 9.53 Å². The number of benzene rings is 1. The maximum Gasteiger partial charge on any atom is 0.342 e. The van der Waals surface area contributed by atoms with Crippen molar-refractivity contribution in [3.8, 4) is 5.75 Å². The van der Waals surface area contributed by atoms with Crippen LogP contribution in [0.15, 0.2) is 18.2 Å². The van der Waals surface area contributed by atoms with Crippen LogP contribution in [0.1, 0.15) is 37.6 Å². The fourth-order valence-electron chi connectivity index (χ4n) is 1.68. The fraction of sp³-hybridized carbons (Fsp3) is 0.467. The van der Waals surface area contributed by atoms with E-state index in [0.717, 1.165) is 6.07 Å². The molecule has 0 saturated carbocycles. The number of nitro benzene ring substituents is 1. The number of nitro groups is 1. The Morgan fingerprint density at radius 2 is 2.00 bits per heavy atom. The monoisotopic (exact) mass is 324 g/mol. The van der Waals surface area contributed by atoms with E-state index in [1.807, 2.05) is 20.8 Å². The van der Waals surface area contributed by atoms with E-state index in [0.29, 0.717) is 6.42 Å². The molecule has 0 aliphatic carbocycles. The highest BCUT2D eigenvalue weighted by atomic mass is 16.6. The molecule has 0 spiro atoms. The van der Waals surface area contributed by atoms with Gasteiger partial charge in [-0.15, -0.1) is 0 Å². The maximum atomic E-state index is 12.0. The minimum absolute atomic E-state index is 0.107. The predicted octanol–water partition coefficient (Wildman–Crippen LogP) is 2.06. The Bertz CT molecular complexity index is 612. The highest BCUT2D eigenvalue weighted by Crippen LogP contribution is 2.24. The summed E-state index contributed by atoms with van der Waals surface area (Å²) in [6.45, 7) is 5.13. The molecule has 0 atom stereocenters. The van der Waals surface area contributed by atoms with Crippen molar-refractivity contribution in [3.05, 3.63) is 33.9 Å². The third-order valence-electron chi connectivity index (χ3n) is 3.31. The van der Waals surface area contributed by atoms with Crippen molar-refractivity contribution in [1.82, 2.24) is 5.32 Å². The van der Waals surface area contributed by atoms with Gasteiger partial charge in [0.05, 0.1) is 12.0 Å². The Hall–Kier alpha value is -2.64. The molecule has 1 aromatic rings. The number of ether oxygens (including phenoxy) is 2. The number of carbonyl (C=O) groups excluding carboxylic acids is 2. The summed E-state index contributed by atoms with van der Waals surface area (Å²) in [6.07, 6.45) is 0.714. The SMILES string of the molecule is CCC(C)(C)NC(=O)COC(=O)c1cc([N+](=O)[O-])ccc1OC. The zero-order chi connectivity index (χ0) is 17.6. The average Bonchev–Trinajstić information content (AvgIpc) is 2.51. The first-order valence-corrected chi connectivity index (χ1v) is 7.00. The van der Waals surface area contributed by atoms with Crippen LogP contribution >= 0.6 is 0 Å². The second-order valence-electron chi connectivity index (χ2n) is 5.50. The number of non-ortho nitro benzene ring substituents is 1. The van der Waals surface area contributed by atoms with E-state index in [1.54, 1.807) is 0 Å². The molecule has 0 heterocycles. The summed E-state index contributed by atoms with van der Waals surface area (Å²) in [5, 5.41) is 13.5. The van der Waals surface area contributed by atoms with Gasteiger partial charge in [0.1, 0.15) is 11.3 Å². The molecule has 0 saturated heterocycles. The van der Waals surface area contributed by atoms with Crippen LogP contribution < -0.4 is 10.1 Å². The number of hydrogen-bond donors (Lipinski definition) is 1. The standard InChI is InChI=1S/C15H20N2O6/c1-5-15(2,3)16-13(18)9-23-14(19)11-8-10(17(20)21)6-7-12(11)22-4/h6-8H,5,9H2,1-4H3,(H,16,18). The lowest BCUT2D eigenvalue weighted by molar-refractivity contribution is -0.384. The van der Waals surface area contributed by atoms with Gasteiger partial charge in [0.15, 0.2) is 6.61 Å². The Labute approximate surface area is 133 Å². The van der Waals surface area contributed by atoms with Gasteiger partial charge in [-0.25, -0.2) is 4.79 Å². The highest BCUT2D eigenvalue weighted by Gasteiger charge is 2.22. The molecule has 0 fully saturated rings. The van der Waals surface area contributed by atoms with Crippen LogP contribution in [0.2, 0.25) is 0 Å². The summed E-state index contributed by atoms with van der Waals surface area (Å²) in [6, 6.07) is 3.57. The van der Waals surface area contributed by atoms with Crippen molar-refractivity contribution in [3.63, 3.8) is 0 Å². The maximum absolute atomic E-state index is 12.0. The van der Waals surface area contributed by atoms with E-state index in [9.17, 15) is 19.7 Å². The summed E-state index contributed by atoms with van der Waals surface area (Å²) in [5.74, 6) is -1.18. The molecule has 1 aromatic carbocycles. The fourth-order valence-corrected chi connectivity index (χ4v) is 1.68. The number of nitrogens with zero attached hydrogens (tertiary/aromatic N) is 1. The Morgan fingerprint density at radius 1 is 1.35 bits per heavy atom. The first kappa shape index (κ1) is 18.4. The largest absolute Gasteiger partial charge is 0.496 e. The van der Waals surface area contributed by atoms with Gasteiger partial charge in [-0.1, -0.05) is 6.92 Å². The second-order valence-corrected chi connectivity index (χ2v) is 5.50. The zero-order valence-corrected chi connectivity index (χ0v) is 13.5. The molecule has 8 heteroatoms. The van der Waals surface area contributed by atoms with Gasteiger partial charge in [0.25, 0.3) is 11.6 Å². The molecular weight excluding hydrogens is 304 g/mol. The van der Waals surface area contributed by atoms with Crippen molar-refractivity contribution < 1.29 is 24.0 Å². The second kappa shape index (κ2) is 7.57. The van der Waals surface area contributed by atoms with Gasteiger partial charge in [-0.05, 0) is 26.3 Å². The number of rotatable bonds is 7. The number of amides is 1. The highest BCUT2D eigenvalue weighted by molar-refractivity contribution is 5.94. The lowest BCUT2D eigenvalue weighted by Crippen LogP contribution is -2.44. The molecule has 8 nitrogen and oxygen atoms in total. The van der Waals surface area contributed by atoms with E-state index >= 15 is 0 Å². The van der Waals surface area contributed by atoms with Crippen LogP contribution in [-0.4, -0.2) is 36.1 Å². The van der Waals surface area contributed by atoms with Gasteiger partial charge in [0, 0.05) is 17.7 Å². The van der Waals surface area contributed by atoms with Crippen molar-refractivity contribution >= 4 is 17.6 Å². The molecule has 0 unspecified atom stereocenters. The Morgan fingerprint density at radius 3 is 2.52 bits per heavy atom. The molecule has 0 aromatic heterocycles. The summed E-state index contributed by atoms with van der Waals surface area (Å²) < 4.78 is 9.89. The molecule has 0 bridgehead atoms. The first-order valence-electron chi connectivity index (χ1n) is 7.00. The van der Waals surface area contributed by atoms with Gasteiger partial charge in [0.2, 0.25) is 0 Å². The molecule has 1 N–H and O–H groups in total. The minimum Gasteiger partial charge on any atom is -0.496 e. The number of hydrogen-bond acceptors (Lipinski definition) is 6. The van der Waals surface area contributed by atoms with Crippen LogP contribution in [0.25, 0.3) is 0 Å². The third kappa shape index (κ3) is 5.24. The number of carbonyl (C=O) groups is 2. The number of esters is 1. The van der Waals surface area contributed by atoms with E-state index in [2.05, 4.69) is 5.32 Å². The molecule has 1 rings (SSSR count). The first-order chi connectivity index (χ1) is 10.7. The van der Waals surface area contributed by atoms with Gasteiger partial charge < -0.3 is 14.8 Å². The van der Waals surface area contributed by atoms with Crippen LogP contribution in [0.4, 0.5) is 5.69 Å². The molecule has 23 heavy (non-hydrogen) atoms. The van der Waals surface area contributed by atoms with Crippen molar-refractivity contribution in [2.75, 3.05) is 13.7 Å². The zero-order valence-electron chi connectivity index (χ0n) is 13.5. The van der Waals surface area contributed by atoms with E-state index < -0.39 is 28.9 Å². The lowest BCUT2D eigenvalue weighted by Gasteiger charge is -2.24. The summed E-state index contributed by atoms with van der Waals surface area (Å²) in [7, 11) is 1.33. The van der Waals surface area contributed by atoms with Gasteiger partial charge >= 0.3 is 5.97 Å². The van der Waals surface area contributed by atoms with E-state index in [1.165, 1.54) is 19.2 Å². The topological polar surface area (TPSA) is 108 Å². The van der Waals surface area contributed by atoms with Crippen LogP contribution in [0.5, 0.6) is 5.75 Å². The van der Waals surface area contributed by atoms with E-state index in [-0.39, 0.29) is 17.0 Å². The average molecular weight is 324 g/mol. The smallest absolute Gasteiger partial charge is 0.342 e. The summed E-state index contributed by atoms with van der Waals surface area (Å²) >= 11 is 0. The van der Waals surface area contributed by atoms with Gasteiger partial charge in [-0.2, -0.15) is 0 Å². The van der Waals surface area contributed by atoms with Crippen molar-refractivity contribution in [1.29, 1.82) is 0 Å².